The molecular weight excluding hydrogens is 478 g/mol. The first-order chi connectivity index (χ1) is 16.7. The number of nitrogens with zero attached hydrogens (tertiary/aromatic N) is 2. The van der Waals surface area contributed by atoms with Crippen LogP contribution in [0.25, 0.3) is 0 Å². The molecule has 2 aliphatic rings. The van der Waals surface area contributed by atoms with Crippen LogP contribution in [-0.2, 0) is 25.3 Å². The molecule has 0 bridgehead atoms. The Bertz CT molecular complexity index is 1110. The van der Waals surface area contributed by atoms with Crippen molar-refractivity contribution in [3.8, 4) is 5.75 Å². The zero-order valence-corrected chi connectivity index (χ0v) is 20.3. The molecule has 0 saturated carbocycles. The molecule has 2 heterocycles. The highest BCUT2D eigenvalue weighted by Crippen LogP contribution is 2.37. The van der Waals surface area contributed by atoms with Crippen LogP contribution in [0.15, 0.2) is 48.5 Å². The molecule has 35 heavy (non-hydrogen) atoms. The van der Waals surface area contributed by atoms with Gasteiger partial charge in [0.05, 0.1) is 25.6 Å². The fraction of sp³-hybridized carbons (Fsp3) is 0.480. The highest BCUT2D eigenvalue weighted by molar-refractivity contribution is 7.88. The molecule has 7 nitrogen and oxygen atoms in total. The average molecular weight is 509 g/mol. The van der Waals surface area contributed by atoms with Gasteiger partial charge in [-0.05, 0) is 42.7 Å². The molecule has 2 fully saturated rings. The van der Waals surface area contributed by atoms with E-state index in [-0.39, 0.29) is 37.6 Å². The number of morpholine rings is 1. The summed E-state index contributed by atoms with van der Waals surface area (Å²) in [5.41, 5.74) is -0.687. The maximum absolute atomic E-state index is 13.6. The summed E-state index contributed by atoms with van der Waals surface area (Å²) in [6.07, 6.45) is 1.31. The monoisotopic (exact) mass is 508 g/mol. The molecule has 1 amide bonds. The number of carbonyl (C=O) groups is 1. The van der Waals surface area contributed by atoms with Crippen LogP contribution in [-0.4, -0.2) is 69.5 Å². The third-order valence-corrected chi connectivity index (χ3v) is 8.27. The third kappa shape index (κ3) is 6.77. The van der Waals surface area contributed by atoms with Gasteiger partial charge in [-0.1, -0.05) is 18.2 Å². The largest absolute Gasteiger partial charge is 0.493 e. The van der Waals surface area contributed by atoms with Crippen molar-refractivity contribution in [1.82, 2.24) is 9.21 Å². The van der Waals surface area contributed by atoms with Crippen LogP contribution in [0.2, 0.25) is 0 Å². The van der Waals surface area contributed by atoms with E-state index in [2.05, 4.69) is 0 Å². The Balaban J connectivity index is 1.54. The predicted molar refractivity (Wildman–Crippen MR) is 126 cm³/mol. The van der Waals surface area contributed by atoms with Gasteiger partial charge in [-0.25, -0.2) is 21.5 Å². The quantitative estimate of drug-likeness (QED) is 0.548. The summed E-state index contributed by atoms with van der Waals surface area (Å²) in [5.74, 6) is -1.59. The molecule has 0 aliphatic carbocycles. The minimum absolute atomic E-state index is 0.0450. The van der Waals surface area contributed by atoms with Crippen molar-refractivity contribution < 1.29 is 31.5 Å². The van der Waals surface area contributed by atoms with E-state index in [9.17, 15) is 22.0 Å². The molecule has 0 radical (unpaired) electrons. The number of amides is 1. The topological polar surface area (TPSA) is 76.2 Å². The van der Waals surface area contributed by atoms with Gasteiger partial charge >= 0.3 is 0 Å². The van der Waals surface area contributed by atoms with Crippen molar-refractivity contribution in [2.45, 2.75) is 25.0 Å². The number of para-hydroxylation sites is 1. The molecule has 2 saturated heterocycles. The second-order valence-corrected chi connectivity index (χ2v) is 11.2. The summed E-state index contributed by atoms with van der Waals surface area (Å²) in [6.45, 7) is 2.50. The highest BCUT2D eigenvalue weighted by atomic mass is 32.2. The molecular formula is C25H30F2N2O5S. The predicted octanol–water partition coefficient (Wildman–Crippen LogP) is 3.20. The van der Waals surface area contributed by atoms with Gasteiger partial charge in [-0.3, -0.25) is 4.79 Å². The van der Waals surface area contributed by atoms with Crippen LogP contribution in [0.3, 0.4) is 0 Å². The maximum atomic E-state index is 13.6. The Morgan fingerprint density at radius 3 is 2.40 bits per heavy atom. The number of hydrogen-bond donors (Lipinski definition) is 0. The Labute approximate surface area is 204 Å². The number of ether oxygens (including phenoxy) is 2. The number of sulfonamides is 1. The average Bonchev–Trinajstić information content (AvgIpc) is 2.83. The summed E-state index contributed by atoms with van der Waals surface area (Å²) in [4.78, 5) is 14.9. The first-order valence-corrected chi connectivity index (χ1v) is 13.3. The molecule has 10 heteroatoms. The SMILES string of the molecule is O=C(C[C@]1(COc2ccccc2)CCCN(S(=O)(=O)Cc2cc(F)cc(F)c2)C1)N1CCOCC1. The fourth-order valence-corrected chi connectivity index (χ4v) is 6.36. The molecule has 1 atom stereocenters. The van der Waals surface area contributed by atoms with Crippen molar-refractivity contribution in [2.24, 2.45) is 5.41 Å². The van der Waals surface area contributed by atoms with Crippen LogP contribution in [0.4, 0.5) is 8.78 Å². The van der Waals surface area contributed by atoms with E-state index < -0.39 is 32.8 Å². The second-order valence-electron chi connectivity index (χ2n) is 9.24. The zero-order chi connectivity index (χ0) is 24.9. The lowest BCUT2D eigenvalue weighted by Gasteiger charge is -2.42. The summed E-state index contributed by atoms with van der Waals surface area (Å²) in [6, 6.07) is 11.9. The van der Waals surface area contributed by atoms with Crippen LogP contribution in [0.5, 0.6) is 5.75 Å². The van der Waals surface area contributed by atoms with E-state index in [1.54, 1.807) is 4.90 Å². The lowest BCUT2D eigenvalue weighted by atomic mass is 9.78. The molecule has 0 N–H and O–H groups in total. The number of rotatable bonds is 8. The lowest BCUT2D eigenvalue weighted by molar-refractivity contribution is -0.139. The van der Waals surface area contributed by atoms with E-state index in [1.807, 2.05) is 30.3 Å². The smallest absolute Gasteiger partial charge is 0.223 e. The normalized spacial score (nSPS) is 21.6. The van der Waals surface area contributed by atoms with Crippen LogP contribution < -0.4 is 4.74 Å². The maximum Gasteiger partial charge on any atom is 0.223 e. The number of hydrogen-bond acceptors (Lipinski definition) is 5. The van der Waals surface area contributed by atoms with Crippen LogP contribution in [0.1, 0.15) is 24.8 Å². The second kappa shape index (κ2) is 11.0. The van der Waals surface area contributed by atoms with Gasteiger partial charge in [-0.2, -0.15) is 0 Å². The van der Waals surface area contributed by atoms with Gasteiger partial charge in [0.25, 0.3) is 0 Å². The van der Waals surface area contributed by atoms with Gasteiger partial charge in [0.2, 0.25) is 15.9 Å². The standard InChI is InChI=1S/C25H30F2N2O5S/c26-21-13-20(14-22(27)15-21)17-35(31,32)29-8-4-7-25(18-29,19-34-23-5-2-1-3-6-23)16-24(30)28-9-11-33-12-10-28/h1-3,5-6,13-15H,4,7-12,16-19H2/t25-/m1/s1. The van der Waals surface area contributed by atoms with Crippen molar-refractivity contribution in [1.29, 1.82) is 0 Å². The summed E-state index contributed by atoms with van der Waals surface area (Å²) in [7, 11) is -3.89. The highest BCUT2D eigenvalue weighted by Gasteiger charge is 2.43. The van der Waals surface area contributed by atoms with Gasteiger partial charge < -0.3 is 14.4 Å². The van der Waals surface area contributed by atoms with Gasteiger partial charge in [0, 0.05) is 44.1 Å². The third-order valence-electron chi connectivity index (χ3n) is 6.47. The molecule has 2 aromatic rings. The first-order valence-electron chi connectivity index (χ1n) is 11.7. The Morgan fingerprint density at radius 2 is 1.71 bits per heavy atom. The Hall–Kier alpha value is -2.56. The van der Waals surface area contributed by atoms with Crippen molar-refractivity contribution in [3.05, 3.63) is 65.7 Å². The van der Waals surface area contributed by atoms with E-state index in [0.29, 0.717) is 51.0 Å². The van der Waals surface area contributed by atoms with Crippen molar-refractivity contribution in [2.75, 3.05) is 46.0 Å². The van der Waals surface area contributed by atoms with Gasteiger partial charge in [-0.15, -0.1) is 0 Å². The molecule has 2 aliphatic heterocycles. The summed E-state index contributed by atoms with van der Waals surface area (Å²) < 4.78 is 66.5. The zero-order valence-electron chi connectivity index (χ0n) is 19.5. The van der Waals surface area contributed by atoms with Crippen LogP contribution in [0, 0.1) is 17.0 Å². The van der Waals surface area contributed by atoms with Gasteiger partial charge in [0.1, 0.15) is 17.4 Å². The Kier molecular flexibility index (Phi) is 8.03. The summed E-state index contributed by atoms with van der Waals surface area (Å²) >= 11 is 0. The molecule has 2 aromatic carbocycles. The van der Waals surface area contributed by atoms with E-state index in [4.69, 9.17) is 9.47 Å². The minimum Gasteiger partial charge on any atom is -0.493 e. The number of piperidine rings is 1. The minimum atomic E-state index is -3.89. The number of halogens is 2. The van der Waals surface area contributed by atoms with Crippen LogP contribution >= 0.6 is 0 Å². The number of benzene rings is 2. The van der Waals surface area contributed by atoms with E-state index in [0.717, 1.165) is 12.1 Å². The molecule has 0 unspecified atom stereocenters. The molecule has 0 aromatic heterocycles. The van der Waals surface area contributed by atoms with Crippen molar-refractivity contribution >= 4 is 15.9 Å². The summed E-state index contributed by atoms with van der Waals surface area (Å²) in [5, 5.41) is 0. The fourth-order valence-electron chi connectivity index (χ4n) is 4.71. The lowest BCUT2D eigenvalue weighted by Crippen LogP contribution is -2.52. The molecule has 190 valence electrons. The van der Waals surface area contributed by atoms with E-state index in [1.165, 1.54) is 4.31 Å². The first kappa shape index (κ1) is 25.5. The van der Waals surface area contributed by atoms with Gasteiger partial charge in [0.15, 0.2) is 0 Å². The number of carbonyl (C=O) groups excluding carboxylic acids is 1. The molecule has 0 spiro atoms. The van der Waals surface area contributed by atoms with E-state index >= 15 is 0 Å². The Morgan fingerprint density at radius 1 is 1.03 bits per heavy atom. The molecule has 4 rings (SSSR count). The van der Waals surface area contributed by atoms with Crippen molar-refractivity contribution in [3.63, 3.8) is 0 Å².